The smallest absolute Gasteiger partial charge is 0.221 e. The summed E-state index contributed by atoms with van der Waals surface area (Å²) in [5.74, 6) is 0.0387. The van der Waals surface area contributed by atoms with E-state index in [1.807, 2.05) is 21.0 Å². The van der Waals surface area contributed by atoms with E-state index in [4.69, 9.17) is 5.73 Å². The van der Waals surface area contributed by atoms with Crippen LogP contribution in [0.15, 0.2) is 0 Å². The van der Waals surface area contributed by atoms with Crippen molar-refractivity contribution in [3.8, 4) is 0 Å². The molecule has 0 aliphatic carbocycles. The van der Waals surface area contributed by atoms with Crippen LogP contribution in [0.3, 0.4) is 0 Å². The molecule has 0 aromatic carbocycles. The third kappa shape index (κ3) is 8.39. The summed E-state index contributed by atoms with van der Waals surface area (Å²) in [6.45, 7) is 7.76. The van der Waals surface area contributed by atoms with E-state index < -0.39 is 0 Å². The Morgan fingerprint density at radius 2 is 2.00 bits per heavy atom. The van der Waals surface area contributed by atoms with E-state index in [1.165, 1.54) is 0 Å². The predicted molar refractivity (Wildman–Crippen MR) is 63.6 cm³/mol. The fraction of sp³-hybridized carbons (Fsp3) is 0.909. The van der Waals surface area contributed by atoms with Gasteiger partial charge in [-0.15, -0.1) is 0 Å². The molecule has 4 heteroatoms. The number of carbonyl (C=O) groups excluding carboxylic acids is 1. The van der Waals surface area contributed by atoms with Gasteiger partial charge in [0.2, 0.25) is 5.91 Å². The number of amides is 1. The highest BCUT2D eigenvalue weighted by Gasteiger charge is 2.19. The molecule has 90 valence electrons. The van der Waals surface area contributed by atoms with Crippen molar-refractivity contribution >= 4 is 5.91 Å². The van der Waals surface area contributed by atoms with Gasteiger partial charge in [-0.25, -0.2) is 0 Å². The van der Waals surface area contributed by atoms with Crippen LogP contribution in [0.1, 0.15) is 27.2 Å². The Balaban J connectivity index is 3.87. The molecule has 0 saturated carbocycles. The van der Waals surface area contributed by atoms with Crippen molar-refractivity contribution in [3.05, 3.63) is 0 Å². The van der Waals surface area contributed by atoms with Crippen molar-refractivity contribution in [2.45, 2.75) is 33.2 Å². The lowest BCUT2D eigenvalue weighted by Crippen LogP contribution is -2.41. The van der Waals surface area contributed by atoms with Gasteiger partial charge in [0.1, 0.15) is 0 Å². The van der Waals surface area contributed by atoms with Crippen LogP contribution < -0.4 is 11.1 Å². The molecule has 1 atom stereocenters. The van der Waals surface area contributed by atoms with E-state index in [0.717, 1.165) is 6.54 Å². The maximum absolute atomic E-state index is 11.4. The van der Waals surface area contributed by atoms with Crippen molar-refractivity contribution in [1.82, 2.24) is 10.2 Å². The zero-order chi connectivity index (χ0) is 12.1. The fourth-order valence-electron chi connectivity index (χ4n) is 1.61. The first-order valence-corrected chi connectivity index (χ1v) is 5.40. The molecular weight excluding hydrogens is 190 g/mol. The minimum atomic E-state index is -0.0676. The second-order valence-corrected chi connectivity index (χ2v) is 5.36. The van der Waals surface area contributed by atoms with Gasteiger partial charge in [0, 0.05) is 25.6 Å². The third-order valence-corrected chi connectivity index (χ3v) is 2.02. The van der Waals surface area contributed by atoms with Crippen LogP contribution in [-0.4, -0.2) is 44.0 Å². The highest BCUT2D eigenvalue weighted by molar-refractivity contribution is 5.76. The second kappa shape index (κ2) is 6.08. The summed E-state index contributed by atoms with van der Waals surface area (Å²) in [5, 5.41) is 2.91. The van der Waals surface area contributed by atoms with Crippen molar-refractivity contribution in [2.24, 2.45) is 11.1 Å². The van der Waals surface area contributed by atoms with Crippen LogP contribution in [0.2, 0.25) is 0 Å². The zero-order valence-corrected chi connectivity index (χ0v) is 10.6. The molecule has 0 aliphatic rings. The summed E-state index contributed by atoms with van der Waals surface area (Å²) in [7, 11) is 4.07. The largest absolute Gasteiger partial charge is 0.355 e. The van der Waals surface area contributed by atoms with Crippen LogP contribution in [0.5, 0.6) is 0 Å². The Bertz CT molecular complexity index is 200. The number of nitrogens with two attached hydrogens (primary N) is 1. The highest BCUT2D eigenvalue weighted by atomic mass is 16.1. The summed E-state index contributed by atoms with van der Waals surface area (Å²) in [4.78, 5) is 13.5. The SMILES string of the molecule is CC(N)CC(=O)NCC(C)(C)CN(C)C. The minimum Gasteiger partial charge on any atom is -0.355 e. The van der Waals surface area contributed by atoms with Gasteiger partial charge in [0.05, 0.1) is 0 Å². The average molecular weight is 215 g/mol. The van der Waals surface area contributed by atoms with Crippen molar-refractivity contribution in [2.75, 3.05) is 27.2 Å². The first-order valence-electron chi connectivity index (χ1n) is 5.40. The summed E-state index contributed by atoms with van der Waals surface area (Å²) in [5.41, 5.74) is 5.64. The molecule has 0 saturated heterocycles. The maximum Gasteiger partial charge on any atom is 0.221 e. The highest BCUT2D eigenvalue weighted by Crippen LogP contribution is 2.14. The Labute approximate surface area is 93.2 Å². The summed E-state index contributed by atoms with van der Waals surface area (Å²) < 4.78 is 0. The summed E-state index contributed by atoms with van der Waals surface area (Å²) in [6, 6.07) is -0.0676. The fourth-order valence-corrected chi connectivity index (χ4v) is 1.61. The van der Waals surface area contributed by atoms with E-state index in [9.17, 15) is 4.79 Å². The molecule has 0 aromatic rings. The van der Waals surface area contributed by atoms with Crippen molar-refractivity contribution in [3.63, 3.8) is 0 Å². The van der Waals surface area contributed by atoms with Crippen LogP contribution in [0, 0.1) is 5.41 Å². The van der Waals surface area contributed by atoms with Crippen LogP contribution in [-0.2, 0) is 4.79 Å². The van der Waals surface area contributed by atoms with Crippen molar-refractivity contribution in [1.29, 1.82) is 0 Å². The zero-order valence-electron chi connectivity index (χ0n) is 10.6. The number of hydrogen-bond acceptors (Lipinski definition) is 3. The molecule has 1 amide bonds. The Hall–Kier alpha value is -0.610. The second-order valence-electron chi connectivity index (χ2n) is 5.36. The molecule has 3 N–H and O–H groups in total. The first kappa shape index (κ1) is 14.4. The van der Waals surface area contributed by atoms with Gasteiger partial charge >= 0.3 is 0 Å². The van der Waals surface area contributed by atoms with Crippen molar-refractivity contribution < 1.29 is 4.79 Å². The Morgan fingerprint density at radius 3 is 2.40 bits per heavy atom. The van der Waals surface area contributed by atoms with Gasteiger partial charge in [-0.1, -0.05) is 13.8 Å². The average Bonchev–Trinajstić information content (AvgIpc) is 1.97. The number of rotatable bonds is 6. The van der Waals surface area contributed by atoms with Gasteiger partial charge in [-0.05, 0) is 26.4 Å². The first-order chi connectivity index (χ1) is 6.73. The molecule has 0 aliphatic heterocycles. The molecule has 15 heavy (non-hydrogen) atoms. The molecule has 4 nitrogen and oxygen atoms in total. The predicted octanol–water partition coefficient (Wildman–Crippen LogP) is 0.428. The van der Waals surface area contributed by atoms with E-state index >= 15 is 0 Å². The van der Waals surface area contributed by atoms with Gasteiger partial charge in [-0.2, -0.15) is 0 Å². The maximum atomic E-state index is 11.4. The van der Waals surface area contributed by atoms with E-state index in [1.54, 1.807) is 0 Å². The summed E-state index contributed by atoms with van der Waals surface area (Å²) >= 11 is 0. The quantitative estimate of drug-likeness (QED) is 0.675. The lowest BCUT2D eigenvalue weighted by atomic mass is 9.93. The topological polar surface area (TPSA) is 58.4 Å². The van der Waals surface area contributed by atoms with Gasteiger partial charge in [0.15, 0.2) is 0 Å². The molecule has 0 aromatic heterocycles. The van der Waals surface area contributed by atoms with Crippen LogP contribution in [0.4, 0.5) is 0 Å². The number of nitrogens with one attached hydrogen (secondary N) is 1. The number of carbonyl (C=O) groups is 1. The molecular formula is C11H25N3O. The third-order valence-electron chi connectivity index (χ3n) is 2.02. The van der Waals surface area contributed by atoms with Crippen LogP contribution in [0.25, 0.3) is 0 Å². The Kier molecular flexibility index (Phi) is 5.83. The molecule has 0 rings (SSSR count). The molecule has 0 bridgehead atoms. The van der Waals surface area contributed by atoms with Crippen LogP contribution >= 0.6 is 0 Å². The Morgan fingerprint density at radius 1 is 1.47 bits per heavy atom. The standard InChI is InChI=1S/C11H25N3O/c1-9(12)6-10(15)13-7-11(2,3)8-14(4)5/h9H,6-8,12H2,1-5H3,(H,13,15). The van der Waals surface area contributed by atoms with E-state index in [2.05, 4.69) is 24.1 Å². The number of nitrogens with zero attached hydrogens (tertiary/aromatic N) is 1. The lowest BCUT2D eigenvalue weighted by Gasteiger charge is -2.28. The van der Waals surface area contributed by atoms with Gasteiger partial charge in [0.25, 0.3) is 0 Å². The molecule has 0 spiro atoms. The molecule has 0 radical (unpaired) electrons. The number of hydrogen-bond donors (Lipinski definition) is 2. The lowest BCUT2D eigenvalue weighted by molar-refractivity contribution is -0.121. The van der Waals surface area contributed by atoms with Gasteiger partial charge < -0.3 is 16.0 Å². The van der Waals surface area contributed by atoms with Gasteiger partial charge in [-0.3, -0.25) is 4.79 Å². The normalized spacial score (nSPS) is 14.1. The molecule has 0 fully saturated rings. The minimum absolute atomic E-state index is 0.0387. The molecule has 0 heterocycles. The monoisotopic (exact) mass is 215 g/mol. The summed E-state index contributed by atoms with van der Waals surface area (Å²) in [6.07, 6.45) is 0.401. The van der Waals surface area contributed by atoms with E-state index in [0.29, 0.717) is 13.0 Å². The van der Waals surface area contributed by atoms with E-state index in [-0.39, 0.29) is 17.4 Å². The molecule has 1 unspecified atom stereocenters.